The molecule has 0 spiro atoms. The van der Waals surface area contributed by atoms with Crippen molar-refractivity contribution < 1.29 is 9.21 Å². The van der Waals surface area contributed by atoms with E-state index in [9.17, 15) is 4.79 Å². The number of likely N-dealkylation sites (tertiary alicyclic amines) is 1. The SMILES string of the molecule is CCNC(=NCc1cc2ccccc2o1)NCC1CC(=O)N(CCc2ccccc2)C1.I. The molecule has 7 heteroatoms. The van der Waals surface area contributed by atoms with Crippen LogP contribution in [0.5, 0.6) is 0 Å². The number of hydrogen-bond donors (Lipinski definition) is 2. The van der Waals surface area contributed by atoms with Gasteiger partial charge in [0.15, 0.2) is 5.96 Å². The number of aliphatic imine (C=N–C) groups is 1. The zero-order valence-electron chi connectivity index (χ0n) is 18.4. The number of hydrogen-bond acceptors (Lipinski definition) is 3. The summed E-state index contributed by atoms with van der Waals surface area (Å²) < 4.78 is 5.85. The zero-order chi connectivity index (χ0) is 21.5. The van der Waals surface area contributed by atoms with Gasteiger partial charge in [0, 0.05) is 43.9 Å². The lowest BCUT2D eigenvalue weighted by Gasteiger charge is -2.18. The third-order valence-electron chi connectivity index (χ3n) is 5.58. The standard InChI is InChI=1S/C25H30N4O2.HI/c1-2-26-25(28-17-22-15-21-10-6-7-11-23(21)31-22)27-16-20-14-24(30)29(18-20)13-12-19-8-4-3-5-9-19;/h3-11,15,20H,2,12-14,16-18H2,1H3,(H2,26,27,28);1H. The smallest absolute Gasteiger partial charge is 0.223 e. The van der Waals surface area contributed by atoms with Crippen molar-refractivity contribution >= 4 is 46.8 Å². The van der Waals surface area contributed by atoms with Crippen LogP contribution in [0.25, 0.3) is 11.0 Å². The molecule has 3 aromatic rings. The highest BCUT2D eigenvalue weighted by atomic mass is 127. The largest absolute Gasteiger partial charge is 0.459 e. The number of carbonyl (C=O) groups excluding carboxylic acids is 1. The molecule has 0 saturated carbocycles. The van der Waals surface area contributed by atoms with E-state index in [2.05, 4.69) is 27.8 Å². The van der Waals surface area contributed by atoms with Gasteiger partial charge in [-0.15, -0.1) is 24.0 Å². The van der Waals surface area contributed by atoms with E-state index in [0.717, 1.165) is 55.3 Å². The van der Waals surface area contributed by atoms with E-state index >= 15 is 0 Å². The van der Waals surface area contributed by atoms with Crippen LogP contribution in [0, 0.1) is 5.92 Å². The molecule has 0 bridgehead atoms. The molecule has 1 fully saturated rings. The summed E-state index contributed by atoms with van der Waals surface area (Å²) in [7, 11) is 0. The first-order valence-electron chi connectivity index (χ1n) is 11.0. The second-order valence-corrected chi connectivity index (χ2v) is 7.97. The van der Waals surface area contributed by atoms with Crippen LogP contribution < -0.4 is 10.6 Å². The van der Waals surface area contributed by atoms with Crippen LogP contribution >= 0.6 is 24.0 Å². The second kappa shape index (κ2) is 11.9. The molecule has 1 atom stereocenters. The molecule has 1 aliphatic rings. The number of halogens is 1. The number of rotatable bonds is 8. The van der Waals surface area contributed by atoms with Crippen LogP contribution in [0.2, 0.25) is 0 Å². The van der Waals surface area contributed by atoms with Gasteiger partial charge < -0.3 is 20.0 Å². The normalized spacial score (nSPS) is 16.3. The molecular weight excluding hydrogens is 515 g/mol. The minimum Gasteiger partial charge on any atom is -0.459 e. The average Bonchev–Trinajstić information content (AvgIpc) is 3.37. The molecule has 6 nitrogen and oxygen atoms in total. The molecule has 2 aromatic carbocycles. The quantitative estimate of drug-likeness (QED) is 0.253. The minimum absolute atomic E-state index is 0. The molecule has 1 amide bonds. The van der Waals surface area contributed by atoms with Crippen LogP contribution in [-0.2, 0) is 17.8 Å². The van der Waals surface area contributed by atoms with E-state index in [0.29, 0.717) is 18.9 Å². The van der Waals surface area contributed by atoms with Crippen LogP contribution in [0.4, 0.5) is 0 Å². The molecule has 32 heavy (non-hydrogen) atoms. The molecule has 0 radical (unpaired) electrons. The third-order valence-corrected chi connectivity index (χ3v) is 5.58. The summed E-state index contributed by atoms with van der Waals surface area (Å²) >= 11 is 0. The molecular formula is C25H31IN4O2. The maximum Gasteiger partial charge on any atom is 0.223 e. The summed E-state index contributed by atoms with van der Waals surface area (Å²) in [6.45, 7) is 5.58. The first kappa shape index (κ1) is 24.1. The number of amides is 1. The van der Waals surface area contributed by atoms with Crippen molar-refractivity contribution in [2.75, 3.05) is 26.2 Å². The van der Waals surface area contributed by atoms with Crippen molar-refractivity contribution in [2.45, 2.75) is 26.3 Å². The van der Waals surface area contributed by atoms with Gasteiger partial charge in [0.25, 0.3) is 0 Å². The fourth-order valence-corrected chi connectivity index (χ4v) is 3.97. The maximum atomic E-state index is 12.4. The van der Waals surface area contributed by atoms with Crippen molar-refractivity contribution in [1.82, 2.24) is 15.5 Å². The molecule has 1 aromatic heterocycles. The Bertz CT molecular complexity index is 1000. The van der Waals surface area contributed by atoms with Crippen molar-refractivity contribution in [1.29, 1.82) is 0 Å². The summed E-state index contributed by atoms with van der Waals surface area (Å²) in [6, 6.07) is 20.3. The lowest BCUT2D eigenvalue weighted by Crippen LogP contribution is -2.40. The minimum atomic E-state index is 0. The first-order valence-corrected chi connectivity index (χ1v) is 11.0. The van der Waals surface area contributed by atoms with Gasteiger partial charge in [0.1, 0.15) is 17.9 Å². The van der Waals surface area contributed by atoms with Crippen molar-refractivity contribution in [3.63, 3.8) is 0 Å². The predicted molar refractivity (Wildman–Crippen MR) is 139 cm³/mol. The number of benzene rings is 2. The highest BCUT2D eigenvalue weighted by Crippen LogP contribution is 2.20. The van der Waals surface area contributed by atoms with E-state index in [1.165, 1.54) is 5.56 Å². The lowest BCUT2D eigenvalue weighted by atomic mass is 10.1. The summed E-state index contributed by atoms with van der Waals surface area (Å²) in [5.41, 5.74) is 2.15. The fourth-order valence-electron chi connectivity index (χ4n) is 3.97. The number of furan rings is 1. The molecule has 2 heterocycles. The average molecular weight is 546 g/mol. The van der Waals surface area contributed by atoms with Gasteiger partial charge in [-0.1, -0.05) is 48.5 Å². The zero-order valence-corrected chi connectivity index (χ0v) is 20.8. The number of nitrogens with zero attached hydrogens (tertiary/aromatic N) is 2. The highest BCUT2D eigenvalue weighted by molar-refractivity contribution is 14.0. The number of guanidine groups is 1. The molecule has 1 saturated heterocycles. The maximum absolute atomic E-state index is 12.4. The van der Waals surface area contributed by atoms with Gasteiger partial charge in [0.2, 0.25) is 5.91 Å². The predicted octanol–water partition coefficient (Wildman–Crippen LogP) is 4.20. The number of nitrogens with one attached hydrogen (secondary N) is 2. The monoisotopic (exact) mass is 546 g/mol. The third kappa shape index (κ3) is 6.48. The van der Waals surface area contributed by atoms with E-state index in [4.69, 9.17) is 4.42 Å². The number of fused-ring (bicyclic) bond motifs is 1. The van der Waals surface area contributed by atoms with E-state index < -0.39 is 0 Å². The first-order chi connectivity index (χ1) is 15.2. The number of para-hydroxylation sites is 1. The molecule has 1 aliphatic heterocycles. The fraction of sp³-hybridized carbons (Fsp3) is 0.360. The van der Waals surface area contributed by atoms with Crippen LogP contribution in [0.3, 0.4) is 0 Å². The molecule has 170 valence electrons. The van der Waals surface area contributed by atoms with E-state index in [1.807, 2.05) is 60.4 Å². The number of carbonyl (C=O) groups is 1. The Morgan fingerprint density at radius 3 is 2.69 bits per heavy atom. The van der Waals surface area contributed by atoms with Crippen molar-refractivity contribution in [2.24, 2.45) is 10.9 Å². The van der Waals surface area contributed by atoms with Crippen molar-refractivity contribution in [3.05, 3.63) is 72.0 Å². The Balaban J connectivity index is 0.00000289. The summed E-state index contributed by atoms with van der Waals surface area (Å²) in [4.78, 5) is 19.1. The van der Waals surface area contributed by atoms with E-state index in [1.54, 1.807) is 0 Å². The molecule has 4 rings (SSSR count). The Hall–Kier alpha value is -2.55. The summed E-state index contributed by atoms with van der Waals surface area (Å²) in [5.74, 6) is 2.12. The van der Waals surface area contributed by atoms with E-state index in [-0.39, 0.29) is 29.9 Å². The Morgan fingerprint density at radius 2 is 1.91 bits per heavy atom. The second-order valence-electron chi connectivity index (χ2n) is 7.97. The van der Waals surface area contributed by atoms with Gasteiger partial charge in [-0.3, -0.25) is 4.79 Å². The highest BCUT2D eigenvalue weighted by Gasteiger charge is 2.29. The summed E-state index contributed by atoms with van der Waals surface area (Å²) in [6.07, 6.45) is 1.49. The van der Waals surface area contributed by atoms with Gasteiger partial charge in [-0.2, -0.15) is 0 Å². The van der Waals surface area contributed by atoms with Crippen LogP contribution in [-0.4, -0.2) is 42.9 Å². The Labute approximate surface area is 206 Å². The molecule has 0 aliphatic carbocycles. The van der Waals surface area contributed by atoms with Crippen LogP contribution in [0.15, 0.2) is 70.1 Å². The van der Waals surface area contributed by atoms with Gasteiger partial charge in [0.05, 0.1) is 0 Å². The Morgan fingerprint density at radius 1 is 1.12 bits per heavy atom. The lowest BCUT2D eigenvalue weighted by molar-refractivity contribution is -0.127. The molecule has 2 N–H and O–H groups in total. The van der Waals surface area contributed by atoms with Gasteiger partial charge in [-0.05, 0) is 31.0 Å². The van der Waals surface area contributed by atoms with Crippen LogP contribution in [0.1, 0.15) is 24.7 Å². The molecule has 1 unspecified atom stereocenters. The Kier molecular flexibility index (Phi) is 8.96. The van der Waals surface area contributed by atoms with Gasteiger partial charge in [-0.25, -0.2) is 4.99 Å². The van der Waals surface area contributed by atoms with Gasteiger partial charge >= 0.3 is 0 Å². The topological polar surface area (TPSA) is 69.9 Å². The summed E-state index contributed by atoms with van der Waals surface area (Å²) in [5, 5.41) is 7.77. The van der Waals surface area contributed by atoms with Crippen molar-refractivity contribution in [3.8, 4) is 0 Å².